The van der Waals surface area contributed by atoms with Gasteiger partial charge in [0.2, 0.25) is 0 Å². The fraction of sp³-hybridized carbons (Fsp3) is 0.375. The van der Waals surface area contributed by atoms with Crippen LogP contribution in [-0.4, -0.2) is 7.11 Å². The molecule has 0 amide bonds. The molecule has 2 nitrogen and oxygen atoms in total. The lowest BCUT2D eigenvalue weighted by Gasteiger charge is -2.14. The Morgan fingerprint density at radius 3 is 2.47 bits per heavy atom. The molecule has 0 aliphatic rings. The summed E-state index contributed by atoms with van der Waals surface area (Å²) in [5.74, 6) is 0.886. The summed E-state index contributed by atoms with van der Waals surface area (Å²) in [4.78, 5) is 1.14. The third kappa shape index (κ3) is 2.99. The first kappa shape index (κ1) is 14.1. The van der Waals surface area contributed by atoms with Crippen molar-refractivity contribution in [2.24, 2.45) is 5.73 Å². The highest BCUT2D eigenvalue weighted by Gasteiger charge is 2.13. The smallest absolute Gasteiger partial charge is 0.129 e. The van der Waals surface area contributed by atoms with E-state index in [2.05, 4.69) is 32.0 Å². The number of thiophene rings is 1. The number of benzene rings is 1. The molecule has 1 aromatic carbocycles. The van der Waals surface area contributed by atoms with E-state index in [0.29, 0.717) is 0 Å². The van der Waals surface area contributed by atoms with Crippen LogP contribution < -0.4 is 10.5 Å². The first-order chi connectivity index (χ1) is 9.19. The van der Waals surface area contributed by atoms with Crippen molar-refractivity contribution in [3.63, 3.8) is 0 Å². The van der Waals surface area contributed by atoms with Gasteiger partial charge in [-0.25, -0.2) is 0 Å². The number of rotatable bonds is 5. The number of hydrogen-bond donors (Lipinski definition) is 1. The summed E-state index contributed by atoms with van der Waals surface area (Å²) < 4.78 is 5.22. The lowest BCUT2D eigenvalue weighted by molar-refractivity contribution is 0.416. The zero-order valence-electron chi connectivity index (χ0n) is 11.8. The normalized spacial score (nSPS) is 12.4. The highest BCUT2D eigenvalue weighted by molar-refractivity contribution is 7.10. The maximum absolute atomic E-state index is 6.35. The van der Waals surface area contributed by atoms with Crippen LogP contribution in [0.4, 0.5) is 0 Å². The van der Waals surface area contributed by atoms with Crippen molar-refractivity contribution in [2.45, 2.75) is 32.7 Å². The van der Waals surface area contributed by atoms with Gasteiger partial charge in [0.1, 0.15) is 5.75 Å². The summed E-state index contributed by atoms with van der Waals surface area (Å²) >= 11 is 1.65. The fourth-order valence-electron chi connectivity index (χ4n) is 2.28. The zero-order chi connectivity index (χ0) is 13.8. The van der Waals surface area contributed by atoms with Crippen molar-refractivity contribution in [1.82, 2.24) is 0 Å². The average molecular weight is 275 g/mol. The number of aryl methyl sites for hydroxylation is 2. The summed E-state index contributed by atoms with van der Waals surface area (Å²) in [6.07, 6.45) is 2.13. The van der Waals surface area contributed by atoms with Gasteiger partial charge in [0.05, 0.1) is 13.2 Å². The first-order valence-corrected chi connectivity index (χ1v) is 7.57. The van der Waals surface area contributed by atoms with E-state index < -0.39 is 0 Å². The van der Waals surface area contributed by atoms with Crippen LogP contribution in [-0.2, 0) is 12.8 Å². The Bertz CT molecular complexity index is 547. The van der Waals surface area contributed by atoms with Crippen molar-refractivity contribution < 1.29 is 4.74 Å². The van der Waals surface area contributed by atoms with Crippen LogP contribution in [0, 0.1) is 0 Å². The van der Waals surface area contributed by atoms with Crippen LogP contribution in [0.15, 0.2) is 29.6 Å². The van der Waals surface area contributed by atoms with Gasteiger partial charge < -0.3 is 10.5 Å². The van der Waals surface area contributed by atoms with E-state index in [1.165, 1.54) is 16.7 Å². The van der Waals surface area contributed by atoms with E-state index in [9.17, 15) is 0 Å². The summed E-state index contributed by atoms with van der Waals surface area (Å²) in [7, 11) is 1.68. The van der Waals surface area contributed by atoms with Gasteiger partial charge in [0, 0.05) is 10.3 Å². The van der Waals surface area contributed by atoms with Crippen molar-refractivity contribution in [3.05, 3.63) is 51.2 Å². The molecule has 3 heteroatoms. The second-order valence-electron chi connectivity index (χ2n) is 4.60. The van der Waals surface area contributed by atoms with Gasteiger partial charge in [-0.3, -0.25) is 0 Å². The van der Waals surface area contributed by atoms with Crippen LogP contribution >= 0.6 is 11.3 Å². The van der Waals surface area contributed by atoms with Gasteiger partial charge in [-0.2, -0.15) is 0 Å². The third-order valence-corrected chi connectivity index (χ3v) is 4.48. The second-order valence-corrected chi connectivity index (χ2v) is 5.54. The van der Waals surface area contributed by atoms with E-state index >= 15 is 0 Å². The standard InChI is InChI=1S/C16H21NOS/c1-4-11-6-7-13(8-12(11)5-2)16(17)15-9-14(18-3)10-19-15/h6-10,16H,4-5,17H2,1-3H3. The molecule has 19 heavy (non-hydrogen) atoms. The van der Waals surface area contributed by atoms with Gasteiger partial charge in [-0.1, -0.05) is 32.0 Å². The van der Waals surface area contributed by atoms with Crippen molar-refractivity contribution in [3.8, 4) is 5.75 Å². The molecule has 0 radical (unpaired) electrons. The van der Waals surface area contributed by atoms with Crippen molar-refractivity contribution >= 4 is 11.3 Å². The molecular weight excluding hydrogens is 254 g/mol. The van der Waals surface area contributed by atoms with E-state index in [1.54, 1.807) is 18.4 Å². The Hall–Kier alpha value is -1.32. The largest absolute Gasteiger partial charge is 0.496 e. The molecule has 1 unspecified atom stereocenters. The number of ether oxygens (including phenoxy) is 1. The summed E-state index contributed by atoms with van der Waals surface area (Å²) in [6, 6.07) is 8.56. The highest BCUT2D eigenvalue weighted by Crippen LogP contribution is 2.30. The Labute approximate surface area is 119 Å². The fourth-order valence-corrected chi connectivity index (χ4v) is 3.17. The molecule has 2 N–H and O–H groups in total. The minimum absolute atomic E-state index is 0.0647. The third-order valence-electron chi connectivity index (χ3n) is 3.49. The lowest BCUT2D eigenvalue weighted by Crippen LogP contribution is -2.11. The number of nitrogens with two attached hydrogens (primary N) is 1. The molecule has 0 spiro atoms. The maximum atomic E-state index is 6.35. The van der Waals surface area contributed by atoms with Crippen LogP contribution in [0.3, 0.4) is 0 Å². The number of methoxy groups -OCH3 is 1. The molecular formula is C16H21NOS. The molecule has 1 atom stereocenters. The molecule has 102 valence electrons. The Balaban J connectivity index is 2.30. The van der Waals surface area contributed by atoms with Crippen LogP contribution in [0.25, 0.3) is 0 Å². The van der Waals surface area contributed by atoms with Gasteiger partial charge in [-0.05, 0) is 35.6 Å². The highest BCUT2D eigenvalue weighted by atomic mass is 32.1. The quantitative estimate of drug-likeness (QED) is 0.897. The molecule has 0 bridgehead atoms. The molecule has 1 aromatic heterocycles. The second kappa shape index (κ2) is 6.22. The molecule has 2 aromatic rings. The molecule has 2 rings (SSSR count). The van der Waals surface area contributed by atoms with Crippen molar-refractivity contribution in [1.29, 1.82) is 0 Å². The molecule has 0 fully saturated rings. The van der Waals surface area contributed by atoms with Gasteiger partial charge >= 0.3 is 0 Å². The van der Waals surface area contributed by atoms with E-state index in [0.717, 1.165) is 23.5 Å². The summed E-state index contributed by atoms with van der Waals surface area (Å²) in [5, 5.41) is 2.00. The minimum atomic E-state index is -0.0647. The van der Waals surface area contributed by atoms with E-state index in [-0.39, 0.29) is 6.04 Å². The van der Waals surface area contributed by atoms with E-state index in [1.807, 2.05) is 11.4 Å². The molecule has 0 saturated carbocycles. The molecule has 1 heterocycles. The Morgan fingerprint density at radius 2 is 1.89 bits per heavy atom. The molecule has 0 aliphatic heterocycles. The molecule has 0 aliphatic carbocycles. The maximum Gasteiger partial charge on any atom is 0.129 e. The van der Waals surface area contributed by atoms with Crippen LogP contribution in [0.2, 0.25) is 0 Å². The topological polar surface area (TPSA) is 35.2 Å². The van der Waals surface area contributed by atoms with Crippen molar-refractivity contribution in [2.75, 3.05) is 7.11 Å². The first-order valence-electron chi connectivity index (χ1n) is 6.69. The minimum Gasteiger partial charge on any atom is -0.496 e. The van der Waals surface area contributed by atoms with E-state index in [4.69, 9.17) is 10.5 Å². The van der Waals surface area contributed by atoms with Gasteiger partial charge in [0.15, 0.2) is 0 Å². The Morgan fingerprint density at radius 1 is 1.16 bits per heavy atom. The Kier molecular flexibility index (Phi) is 4.61. The average Bonchev–Trinajstić information content (AvgIpc) is 2.94. The molecule has 0 saturated heterocycles. The SMILES string of the molecule is CCc1ccc(C(N)c2cc(OC)cs2)cc1CC. The van der Waals surface area contributed by atoms with Gasteiger partial charge in [-0.15, -0.1) is 11.3 Å². The van der Waals surface area contributed by atoms with Crippen LogP contribution in [0.1, 0.15) is 41.5 Å². The zero-order valence-corrected chi connectivity index (χ0v) is 12.6. The summed E-state index contributed by atoms with van der Waals surface area (Å²) in [5.41, 5.74) is 10.4. The summed E-state index contributed by atoms with van der Waals surface area (Å²) in [6.45, 7) is 4.39. The monoisotopic (exact) mass is 275 g/mol. The number of hydrogen-bond acceptors (Lipinski definition) is 3. The lowest BCUT2D eigenvalue weighted by atomic mass is 9.96. The van der Waals surface area contributed by atoms with Gasteiger partial charge in [0.25, 0.3) is 0 Å². The van der Waals surface area contributed by atoms with Crippen LogP contribution in [0.5, 0.6) is 5.75 Å². The predicted octanol–water partition coefficient (Wildman–Crippen LogP) is 3.93. The predicted molar refractivity (Wildman–Crippen MR) is 82.1 cm³/mol.